The predicted octanol–water partition coefficient (Wildman–Crippen LogP) is 2.57. The zero-order chi connectivity index (χ0) is 18.0. The maximum absolute atomic E-state index is 13.2. The fraction of sp³-hybridized carbons (Fsp3) is 0.176. The van der Waals surface area contributed by atoms with Crippen molar-refractivity contribution in [2.45, 2.75) is 19.5 Å². The molecule has 1 amide bonds. The van der Waals surface area contributed by atoms with E-state index in [0.717, 1.165) is 10.2 Å². The second kappa shape index (κ2) is 7.10. The highest BCUT2D eigenvalue weighted by molar-refractivity contribution is 9.10. The number of hydrogen-bond acceptors (Lipinski definition) is 4. The van der Waals surface area contributed by atoms with Crippen molar-refractivity contribution in [3.05, 3.63) is 68.7 Å². The van der Waals surface area contributed by atoms with Gasteiger partial charge in [0.2, 0.25) is 5.91 Å². The molecule has 3 aromatic rings. The molecule has 1 heterocycles. The summed E-state index contributed by atoms with van der Waals surface area (Å²) in [5, 5.41) is 10.9. The number of benzene rings is 2. The van der Waals surface area contributed by atoms with Crippen molar-refractivity contribution in [2.24, 2.45) is 0 Å². The van der Waals surface area contributed by atoms with Gasteiger partial charge in [0, 0.05) is 4.47 Å². The molecule has 0 fully saturated rings. The monoisotopic (exact) mass is 404 g/mol. The summed E-state index contributed by atoms with van der Waals surface area (Å²) in [4.78, 5) is 24.6. The summed E-state index contributed by atoms with van der Waals surface area (Å²) < 4.78 is 14.7. The van der Waals surface area contributed by atoms with Gasteiger partial charge in [0.1, 0.15) is 17.9 Å². The molecule has 128 valence electrons. The minimum absolute atomic E-state index is 0.250. The van der Waals surface area contributed by atoms with Crippen molar-refractivity contribution in [3.8, 4) is 0 Å². The lowest BCUT2D eigenvalue weighted by molar-refractivity contribution is -0.122. The van der Waals surface area contributed by atoms with E-state index in [1.807, 2.05) is 0 Å². The molecule has 3 rings (SSSR count). The van der Waals surface area contributed by atoms with E-state index in [2.05, 4.69) is 31.6 Å². The molecular formula is C17H14BrFN4O2. The maximum atomic E-state index is 13.2. The standard InChI is InChI=1S/C17H14BrFN4O2/c1-10(12-7-6-11(19)8-14(12)18)20-16(24)9-23-17(25)13-4-2-3-5-15(13)21-22-23/h2-8,10H,9H2,1H3,(H,20,24)/t10-/m0/s1. The van der Waals surface area contributed by atoms with Gasteiger partial charge >= 0.3 is 0 Å². The van der Waals surface area contributed by atoms with Gasteiger partial charge in [-0.25, -0.2) is 9.07 Å². The van der Waals surface area contributed by atoms with Crippen LogP contribution < -0.4 is 10.9 Å². The third kappa shape index (κ3) is 3.74. The van der Waals surface area contributed by atoms with Gasteiger partial charge in [0.15, 0.2) is 0 Å². The van der Waals surface area contributed by atoms with Crippen LogP contribution in [0.5, 0.6) is 0 Å². The van der Waals surface area contributed by atoms with Crippen LogP contribution in [-0.4, -0.2) is 20.9 Å². The van der Waals surface area contributed by atoms with Gasteiger partial charge in [-0.2, -0.15) is 0 Å². The molecule has 0 aliphatic rings. The SMILES string of the molecule is C[C@H](NC(=O)Cn1nnc2ccccc2c1=O)c1ccc(F)cc1Br. The third-order valence-electron chi connectivity index (χ3n) is 3.73. The molecule has 0 saturated carbocycles. The molecule has 1 atom stereocenters. The van der Waals surface area contributed by atoms with E-state index in [1.54, 1.807) is 37.3 Å². The fourth-order valence-corrected chi connectivity index (χ4v) is 3.17. The second-order valence-electron chi connectivity index (χ2n) is 5.52. The predicted molar refractivity (Wildman–Crippen MR) is 94.5 cm³/mol. The lowest BCUT2D eigenvalue weighted by Crippen LogP contribution is -2.35. The number of hydrogen-bond donors (Lipinski definition) is 1. The van der Waals surface area contributed by atoms with Crippen LogP contribution in [-0.2, 0) is 11.3 Å². The van der Waals surface area contributed by atoms with E-state index >= 15 is 0 Å². The van der Waals surface area contributed by atoms with Crippen LogP contribution in [0, 0.1) is 5.82 Å². The number of nitrogens with zero attached hydrogens (tertiary/aromatic N) is 3. The number of carbonyl (C=O) groups excluding carboxylic acids is 1. The lowest BCUT2D eigenvalue weighted by Gasteiger charge is -2.16. The average molecular weight is 405 g/mol. The molecule has 0 saturated heterocycles. The summed E-state index contributed by atoms with van der Waals surface area (Å²) in [6, 6.07) is 10.7. The Morgan fingerprint density at radius 1 is 1.32 bits per heavy atom. The van der Waals surface area contributed by atoms with Crippen LogP contribution in [0.1, 0.15) is 18.5 Å². The van der Waals surface area contributed by atoms with Crippen LogP contribution in [0.25, 0.3) is 10.9 Å². The van der Waals surface area contributed by atoms with Crippen molar-refractivity contribution in [1.29, 1.82) is 0 Å². The maximum Gasteiger partial charge on any atom is 0.278 e. The highest BCUT2D eigenvalue weighted by atomic mass is 79.9. The number of halogens is 2. The second-order valence-corrected chi connectivity index (χ2v) is 6.38. The Bertz CT molecular complexity index is 1010. The molecule has 0 bridgehead atoms. The summed E-state index contributed by atoms with van der Waals surface area (Å²) in [6.45, 7) is 1.52. The average Bonchev–Trinajstić information content (AvgIpc) is 2.57. The molecule has 0 spiro atoms. The Morgan fingerprint density at radius 3 is 2.84 bits per heavy atom. The summed E-state index contributed by atoms with van der Waals surface area (Å²) in [5.74, 6) is -0.762. The zero-order valence-corrected chi connectivity index (χ0v) is 14.8. The molecule has 8 heteroatoms. The van der Waals surface area contributed by atoms with Crippen LogP contribution in [0.3, 0.4) is 0 Å². The smallest absolute Gasteiger partial charge is 0.278 e. The Hall–Kier alpha value is -2.61. The number of nitrogens with one attached hydrogen (secondary N) is 1. The van der Waals surface area contributed by atoms with E-state index in [4.69, 9.17) is 0 Å². The minimum Gasteiger partial charge on any atom is -0.348 e. The van der Waals surface area contributed by atoms with Crippen molar-refractivity contribution in [2.75, 3.05) is 0 Å². The summed E-state index contributed by atoms with van der Waals surface area (Å²) in [5.41, 5.74) is 0.829. The number of aromatic nitrogens is 3. The van der Waals surface area contributed by atoms with Gasteiger partial charge in [-0.05, 0) is 36.8 Å². The highest BCUT2D eigenvalue weighted by Crippen LogP contribution is 2.24. The fourth-order valence-electron chi connectivity index (χ4n) is 2.48. The van der Waals surface area contributed by atoms with Gasteiger partial charge < -0.3 is 5.32 Å². The summed E-state index contributed by atoms with van der Waals surface area (Å²) in [6.07, 6.45) is 0. The van der Waals surface area contributed by atoms with Crippen molar-refractivity contribution >= 4 is 32.7 Å². The van der Waals surface area contributed by atoms with E-state index in [1.165, 1.54) is 12.1 Å². The van der Waals surface area contributed by atoms with Crippen molar-refractivity contribution in [1.82, 2.24) is 20.3 Å². The molecule has 0 aliphatic heterocycles. The summed E-state index contributed by atoms with van der Waals surface area (Å²) >= 11 is 3.27. The first-order valence-electron chi connectivity index (χ1n) is 7.52. The molecular weight excluding hydrogens is 391 g/mol. The van der Waals surface area contributed by atoms with E-state index in [-0.39, 0.29) is 24.0 Å². The molecule has 25 heavy (non-hydrogen) atoms. The molecule has 1 aromatic heterocycles. The van der Waals surface area contributed by atoms with Gasteiger partial charge in [0.25, 0.3) is 5.56 Å². The van der Waals surface area contributed by atoms with Crippen LogP contribution in [0.2, 0.25) is 0 Å². The molecule has 6 nitrogen and oxygen atoms in total. The zero-order valence-electron chi connectivity index (χ0n) is 13.2. The van der Waals surface area contributed by atoms with Crippen LogP contribution >= 0.6 is 15.9 Å². The Morgan fingerprint density at radius 2 is 2.08 bits per heavy atom. The number of fused-ring (bicyclic) bond motifs is 1. The molecule has 0 radical (unpaired) electrons. The largest absolute Gasteiger partial charge is 0.348 e. The normalized spacial score (nSPS) is 12.1. The molecule has 2 aromatic carbocycles. The lowest BCUT2D eigenvalue weighted by atomic mass is 10.1. The molecule has 1 N–H and O–H groups in total. The van der Waals surface area contributed by atoms with E-state index in [9.17, 15) is 14.0 Å². The first-order chi connectivity index (χ1) is 12.0. The van der Waals surface area contributed by atoms with Crippen LogP contribution in [0.4, 0.5) is 4.39 Å². The molecule has 0 unspecified atom stereocenters. The summed E-state index contributed by atoms with van der Waals surface area (Å²) in [7, 11) is 0. The topological polar surface area (TPSA) is 76.9 Å². The third-order valence-corrected chi connectivity index (χ3v) is 4.42. The quantitative estimate of drug-likeness (QED) is 0.724. The van der Waals surface area contributed by atoms with Crippen LogP contribution in [0.15, 0.2) is 51.7 Å². The highest BCUT2D eigenvalue weighted by Gasteiger charge is 2.15. The molecule has 0 aliphatic carbocycles. The van der Waals surface area contributed by atoms with Gasteiger partial charge in [-0.3, -0.25) is 9.59 Å². The Kier molecular flexibility index (Phi) is 4.89. The van der Waals surface area contributed by atoms with E-state index in [0.29, 0.717) is 15.4 Å². The first kappa shape index (κ1) is 17.2. The van der Waals surface area contributed by atoms with Gasteiger partial charge in [0.05, 0.1) is 11.4 Å². The number of rotatable bonds is 4. The van der Waals surface area contributed by atoms with Crippen molar-refractivity contribution < 1.29 is 9.18 Å². The number of amides is 1. The Labute approximate surface area is 150 Å². The minimum atomic E-state index is -0.393. The first-order valence-corrected chi connectivity index (χ1v) is 8.32. The van der Waals surface area contributed by atoms with Gasteiger partial charge in [-0.1, -0.05) is 39.3 Å². The Balaban J connectivity index is 1.76. The number of carbonyl (C=O) groups is 1. The van der Waals surface area contributed by atoms with Crippen molar-refractivity contribution in [3.63, 3.8) is 0 Å². The van der Waals surface area contributed by atoms with Gasteiger partial charge in [-0.15, -0.1) is 5.10 Å². The van der Waals surface area contributed by atoms with E-state index < -0.39 is 5.91 Å².